The molecular weight excluding hydrogens is 402 g/mol. The lowest BCUT2D eigenvalue weighted by Crippen LogP contribution is -2.55. The van der Waals surface area contributed by atoms with Crippen molar-refractivity contribution in [3.05, 3.63) is 72.2 Å². The summed E-state index contributed by atoms with van der Waals surface area (Å²) in [5.74, 6) is -3.30. The molecule has 0 bridgehead atoms. The molecule has 3 aromatic heterocycles. The van der Waals surface area contributed by atoms with Crippen molar-refractivity contribution in [2.24, 2.45) is 0 Å². The molecule has 1 unspecified atom stereocenters. The number of carbonyl (C=O) groups excluding carboxylic acids is 1. The van der Waals surface area contributed by atoms with Crippen LogP contribution in [0.2, 0.25) is 0 Å². The number of rotatable bonds is 3. The van der Waals surface area contributed by atoms with Crippen molar-refractivity contribution in [3.63, 3.8) is 0 Å². The van der Waals surface area contributed by atoms with E-state index < -0.39 is 18.4 Å². The maximum atomic E-state index is 14.7. The van der Waals surface area contributed by atoms with Crippen LogP contribution in [0.5, 0.6) is 5.88 Å². The lowest BCUT2D eigenvalue weighted by molar-refractivity contribution is -0.131. The fraction of sp³-hybridized carbons (Fsp3) is 0.261. The Morgan fingerprint density at radius 1 is 1.19 bits per heavy atom. The molecular formula is C23H20F2N4O2. The SMILES string of the molecule is Cc1ccc2nc(OC3CN(C(=O)c4cccn5ccnc45)CCC3(F)F)ccc2c1. The van der Waals surface area contributed by atoms with Crippen LogP contribution in [0.1, 0.15) is 22.3 Å². The number of hydrogen-bond donors (Lipinski definition) is 0. The molecule has 0 N–H and O–H groups in total. The van der Waals surface area contributed by atoms with Crippen LogP contribution in [-0.4, -0.2) is 50.3 Å². The van der Waals surface area contributed by atoms with Crippen molar-refractivity contribution in [1.82, 2.24) is 19.3 Å². The van der Waals surface area contributed by atoms with E-state index in [1.807, 2.05) is 25.1 Å². The van der Waals surface area contributed by atoms with Crippen LogP contribution in [-0.2, 0) is 0 Å². The zero-order valence-electron chi connectivity index (χ0n) is 16.8. The van der Waals surface area contributed by atoms with Crippen molar-refractivity contribution in [3.8, 4) is 5.88 Å². The van der Waals surface area contributed by atoms with Crippen molar-refractivity contribution in [2.45, 2.75) is 25.4 Å². The Balaban J connectivity index is 1.40. The molecule has 1 fully saturated rings. The van der Waals surface area contributed by atoms with E-state index in [2.05, 4.69) is 9.97 Å². The molecule has 1 aliphatic rings. The number of alkyl halides is 2. The molecule has 6 nitrogen and oxygen atoms in total. The molecule has 0 spiro atoms. The van der Waals surface area contributed by atoms with Gasteiger partial charge in [0.25, 0.3) is 11.8 Å². The molecule has 5 rings (SSSR count). The summed E-state index contributed by atoms with van der Waals surface area (Å²) < 4.78 is 36.7. The van der Waals surface area contributed by atoms with Gasteiger partial charge in [0.15, 0.2) is 6.10 Å². The Bertz CT molecular complexity index is 1290. The highest BCUT2D eigenvalue weighted by Crippen LogP contribution is 2.32. The van der Waals surface area contributed by atoms with Crippen LogP contribution < -0.4 is 4.74 Å². The highest BCUT2D eigenvalue weighted by atomic mass is 19.3. The van der Waals surface area contributed by atoms with E-state index >= 15 is 0 Å². The second-order valence-electron chi connectivity index (χ2n) is 7.79. The van der Waals surface area contributed by atoms with Gasteiger partial charge in [-0.15, -0.1) is 0 Å². The van der Waals surface area contributed by atoms with Crippen molar-refractivity contribution in [2.75, 3.05) is 13.1 Å². The van der Waals surface area contributed by atoms with E-state index in [4.69, 9.17) is 4.74 Å². The normalized spacial score (nSPS) is 18.4. The summed E-state index contributed by atoms with van der Waals surface area (Å²) in [5, 5.41) is 0.910. The Labute approximate surface area is 177 Å². The highest BCUT2D eigenvalue weighted by Gasteiger charge is 2.47. The summed E-state index contributed by atoms with van der Waals surface area (Å²) in [4.78, 5) is 23.1. The van der Waals surface area contributed by atoms with Gasteiger partial charge < -0.3 is 14.0 Å². The first-order valence-electron chi connectivity index (χ1n) is 10.0. The number of carbonyl (C=O) groups is 1. The summed E-state index contributed by atoms with van der Waals surface area (Å²) in [5.41, 5.74) is 2.62. The van der Waals surface area contributed by atoms with Gasteiger partial charge in [0.2, 0.25) is 5.88 Å². The summed E-state index contributed by atoms with van der Waals surface area (Å²) >= 11 is 0. The van der Waals surface area contributed by atoms with E-state index in [-0.39, 0.29) is 24.9 Å². The van der Waals surface area contributed by atoms with Crippen LogP contribution in [0.15, 0.2) is 61.1 Å². The average molecular weight is 422 g/mol. The number of aromatic nitrogens is 3. The summed E-state index contributed by atoms with van der Waals surface area (Å²) in [7, 11) is 0. The van der Waals surface area contributed by atoms with Gasteiger partial charge in [-0.25, -0.2) is 18.7 Å². The second kappa shape index (κ2) is 7.30. The summed E-state index contributed by atoms with van der Waals surface area (Å²) in [6.45, 7) is 1.68. The Hall–Kier alpha value is -3.55. The monoisotopic (exact) mass is 422 g/mol. The molecule has 1 aromatic carbocycles. The van der Waals surface area contributed by atoms with Gasteiger partial charge in [0, 0.05) is 43.0 Å². The first-order chi connectivity index (χ1) is 14.9. The van der Waals surface area contributed by atoms with Crippen molar-refractivity contribution in [1.29, 1.82) is 0 Å². The molecule has 0 radical (unpaired) electrons. The third-order valence-corrected chi connectivity index (χ3v) is 5.59. The summed E-state index contributed by atoms with van der Waals surface area (Å²) in [6.07, 6.45) is 3.14. The minimum atomic E-state index is -3.07. The van der Waals surface area contributed by atoms with Crippen LogP contribution in [0.25, 0.3) is 16.6 Å². The molecule has 4 heterocycles. The zero-order chi connectivity index (χ0) is 21.6. The number of ether oxygens (including phenoxy) is 1. The van der Waals surface area contributed by atoms with Crippen LogP contribution in [0.4, 0.5) is 8.78 Å². The van der Waals surface area contributed by atoms with Crippen LogP contribution in [0, 0.1) is 6.92 Å². The smallest absolute Gasteiger partial charge is 0.287 e. The van der Waals surface area contributed by atoms with Gasteiger partial charge in [0.05, 0.1) is 17.6 Å². The van der Waals surface area contributed by atoms with E-state index in [1.54, 1.807) is 47.3 Å². The highest BCUT2D eigenvalue weighted by molar-refractivity contribution is 5.99. The topological polar surface area (TPSA) is 59.7 Å². The number of nitrogens with zero attached hydrogens (tertiary/aromatic N) is 4. The number of halogens is 2. The van der Waals surface area contributed by atoms with Crippen molar-refractivity contribution >= 4 is 22.5 Å². The predicted octanol–water partition coefficient (Wildman–Crippen LogP) is 4.12. The van der Waals surface area contributed by atoms with E-state index in [9.17, 15) is 13.6 Å². The number of piperidine rings is 1. The van der Waals surface area contributed by atoms with Gasteiger partial charge in [-0.05, 0) is 37.3 Å². The number of aryl methyl sites for hydroxylation is 1. The predicted molar refractivity (Wildman–Crippen MR) is 112 cm³/mol. The molecule has 1 amide bonds. The second-order valence-corrected chi connectivity index (χ2v) is 7.79. The Morgan fingerprint density at radius 3 is 2.94 bits per heavy atom. The molecule has 0 aliphatic carbocycles. The third-order valence-electron chi connectivity index (χ3n) is 5.59. The molecule has 1 aliphatic heterocycles. The largest absolute Gasteiger partial charge is 0.466 e. The zero-order valence-corrected chi connectivity index (χ0v) is 16.8. The number of benzene rings is 1. The first kappa shape index (κ1) is 19.4. The first-order valence-corrected chi connectivity index (χ1v) is 10.0. The van der Waals surface area contributed by atoms with E-state index in [1.165, 1.54) is 4.90 Å². The van der Waals surface area contributed by atoms with Gasteiger partial charge in [-0.3, -0.25) is 4.79 Å². The number of fused-ring (bicyclic) bond motifs is 2. The maximum absolute atomic E-state index is 14.7. The molecule has 8 heteroatoms. The quantitative estimate of drug-likeness (QED) is 0.498. The molecule has 1 atom stereocenters. The minimum absolute atomic E-state index is 0.0577. The number of amides is 1. The molecule has 1 saturated heterocycles. The number of pyridine rings is 2. The van der Waals surface area contributed by atoms with Gasteiger partial charge >= 0.3 is 0 Å². The third kappa shape index (κ3) is 3.58. The Morgan fingerprint density at radius 2 is 2.06 bits per heavy atom. The number of hydrogen-bond acceptors (Lipinski definition) is 4. The average Bonchev–Trinajstić information content (AvgIpc) is 3.24. The minimum Gasteiger partial charge on any atom is -0.466 e. The fourth-order valence-electron chi connectivity index (χ4n) is 3.90. The molecule has 4 aromatic rings. The van der Waals surface area contributed by atoms with Crippen molar-refractivity contribution < 1.29 is 18.3 Å². The fourth-order valence-corrected chi connectivity index (χ4v) is 3.90. The lowest BCUT2D eigenvalue weighted by Gasteiger charge is -2.38. The van der Waals surface area contributed by atoms with Gasteiger partial charge in [-0.1, -0.05) is 11.6 Å². The van der Waals surface area contributed by atoms with Crippen LogP contribution in [0.3, 0.4) is 0 Å². The molecule has 158 valence electrons. The lowest BCUT2D eigenvalue weighted by atomic mass is 10.0. The summed E-state index contributed by atoms with van der Waals surface area (Å²) in [6, 6.07) is 12.5. The standard InChI is InChI=1S/C23H20F2N4O2/c1-15-4-6-18-16(13-15)5-7-20(27-18)31-19-14-29(11-8-23(19,24)25)22(30)17-3-2-10-28-12-9-26-21(17)28/h2-7,9-10,12-13,19H,8,11,14H2,1H3. The molecule has 31 heavy (non-hydrogen) atoms. The van der Waals surface area contributed by atoms with E-state index in [0.717, 1.165) is 10.9 Å². The van der Waals surface area contributed by atoms with Crippen LogP contribution >= 0.6 is 0 Å². The Kier molecular flexibility index (Phi) is 4.57. The maximum Gasteiger partial charge on any atom is 0.287 e. The van der Waals surface area contributed by atoms with Gasteiger partial charge in [0.1, 0.15) is 5.65 Å². The molecule has 0 saturated carbocycles. The number of likely N-dealkylation sites (tertiary alicyclic amines) is 1. The number of imidazole rings is 1. The van der Waals surface area contributed by atoms with Gasteiger partial charge in [-0.2, -0.15) is 0 Å². The van der Waals surface area contributed by atoms with E-state index in [0.29, 0.717) is 16.7 Å².